The minimum absolute atomic E-state index is 0.0710. The van der Waals surface area contributed by atoms with Crippen LogP contribution in [0.1, 0.15) is 30.7 Å². The number of nitrogens with zero attached hydrogens (tertiary/aromatic N) is 2. The molecule has 1 atom stereocenters. The molecule has 0 bridgehead atoms. The van der Waals surface area contributed by atoms with Gasteiger partial charge in [-0.1, -0.05) is 10.1 Å². The lowest BCUT2D eigenvalue weighted by atomic mass is 10.1. The minimum Gasteiger partial charge on any atom is -0.323 e. The van der Waals surface area contributed by atoms with Crippen LogP contribution in [-0.4, -0.2) is 9.59 Å². The molecule has 4 heteroatoms. The van der Waals surface area contributed by atoms with Crippen molar-refractivity contribution < 1.29 is 0 Å². The van der Waals surface area contributed by atoms with Gasteiger partial charge < -0.3 is 5.73 Å². The molecule has 12 heavy (non-hydrogen) atoms. The highest BCUT2D eigenvalue weighted by Crippen LogP contribution is 2.19. The molecule has 0 aliphatic carbocycles. The van der Waals surface area contributed by atoms with Crippen molar-refractivity contribution in [1.82, 2.24) is 9.59 Å². The normalized spacial score (nSPS) is 12.8. The molecule has 0 aromatic carbocycles. The SMILES string of the molecule is C=C(C)CCC(N)c1cnns1. The van der Waals surface area contributed by atoms with E-state index in [4.69, 9.17) is 5.73 Å². The van der Waals surface area contributed by atoms with E-state index in [-0.39, 0.29) is 6.04 Å². The Morgan fingerprint density at radius 2 is 2.58 bits per heavy atom. The second-order valence-electron chi connectivity index (χ2n) is 2.92. The average Bonchev–Trinajstić information content (AvgIpc) is 2.51. The maximum atomic E-state index is 5.88. The molecule has 0 fully saturated rings. The Morgan fingerprint density at radius 3 is 3.08 bits per heavy atom. The van der Waals surface area contributed by atoms with Gasteiger partial charge in [0.25, 0.3) is 0 Å². The Kier molecular flexibility index (Phi) is 3.37. The summed E-state index contributed by atoms with van der Waals surface area (Å²) in [5.41, 5.74) is 7.05. The van der Waals surface area contributed by atoms with Crippen LogP contribution in [0.15, 0.2) is 18.3 Å². The number of allylic oxidation sites excluding steroid dienone is 1. The Balaban J connectivity index is 2.39. The van der Waals surface area contributed by atoms with E-state index < -0.39 is 0 Å². The molecule has 3 nitrogen and oxygen atoms in total. The second-order valence-corrected chi connectivity index (χ2v) is 3.74. The summed E-state index contributed by atoms with van der Waals surface area (Å²) in [6.07, 6.45) is 3.63. The van der Waals surface area contributed by atoms with Gasteiger partial charge in [-0.3, -0.25) is 0 Å². The van der Waals surface area contributed by atoms with Crippen LogP contribution in [0.4, 0.5) is 0 Å². The third-order valence-electron chi connectivity index (χ3n) is 1.63. The van der Waals surface area contributed by atoms with Gasteiger partial charge in [0.15, 0.2) is 0 Å². The zero-order valence-corrected chi connectivity index (χ0v) is 7.97. The van der Waals surface area contributed by atoms with Crippen LogP contribution < -0.4 is 5.73 Å². The van der Waals surface area contributed by atoms with Gasteiger partial charge in [-0.15, -0.1) is 11.7 Å². The van der Waals surface area contributed by atoms with E-state index in [9.17, 15) is 0 Å². The smallest absolute Gasteiger partial charge is 0.0669 e. The van der Waals surface area contributed by atoms with E-state index in [0.717, 1.165) is 17.7 Å². The van der Waals surface area contributed by atoms with Gasteiger partial charge in [0.2, 0.25) is 0 Å². The number of aromatic nitrogens is 2. The maximum absolute atomic E-state index is 5.88. The zero-order valence-electron chi connectivity index (χ0n) is 7.16. The predicted octanol–water partition coefficient (Wildman–Crippen LogP) is 1.89. The molecule has 2 N–H and O–H groups in total. The fourth-order valence-corrected chi connectivity index (χ4v) is 1.42. The fraction of sp³-hybridized carbons (Fsp3) is 0.500. The van der Waals surface area contributed by atoms with Crippen LogP contribution in [0.2, 0.25) is 0 Å². The largest absolute Gasteiger partial charge is 0.323 e. The van der Waals surface area contributed by atoms with E-state index in [1.54, 1.807) is 6.20 Å². The van der Waals surface area contributed by atoms with Gasteiger partial charge in [0.05, 0.1) is 11.1 Å². The van der Waals surface area contributed by atoms with Crippen LogP contribution in [0.3, 0.4) is 0 Å². The van der Waals surface area contributed by atoms with Gasteiger partial charge in [-0.25, -0.2) is 0 Å². The standard InChI is InChI=1S/C8H13N3S/c1-6(2)3-4-7(9)8-5-10-11-12-8/h5,7H,1,3-4,9H2,2H3. The van der Waals surface area contributed by atoms with E-state index in [2.05, 4.69) is 16.2 Å². The first-order valence-electron chi connectivity index (χ1n) is 3.87. The first kappa shape index (κ1) is 9.35. The Labute approximate surface area is 76.5 Å². The van der Waals surface area contributed by atoms with E-state index in [0.29, 0.717) is 0 Å². The van der Waals surface area contributed by atoms with Gasteiger partial charge >= 0.3 is 0 Å². The molecular formula is C8H13N3S. The highest BCUT2D eigenvalue weighted by molar-refractivity contribution is 7.05. The van der Waals surface area contributed by atoms with E-state index in [1.165, 1.54) is 17.1 Å². The van der Waals surface area contributed by atoms with Crippen LogP contribution in [0, 0.1) is 0 Å². The highest BCUT2D eigenvalue weighted by atomic mass is 32.1. The average molecular weight is 183 g/mol. The van der Waals surface area contributed by atoms with Gasteiger partial charge in [-0.05, 0) is 31.3 Å². The van der Waals surface area contributed by atoms with Crippen LogP contribution in [0.25, 0.3) is 0 Å². The third-order valence-corrected chi connectivity index (χ3v) is 2.42. The molecule has 1 aromatic rings. The molecule has 0 amide bonds. The molecule has 0 saturated carbocycles. The summed E-state index contributed by atoms with van der Waals surface area (Å²) < 4.78 is 3.76. The number of hydrogen-bond donors (Lipinski definition) is 1. The summed E-state index contributed by atoms with van der Waals surface area (Å²) in [5, 5.41) is 3.74. The van der Waals surface area contributed by atoms with Crippen molar-refractivity contribution in [3.8, 4) is 0 Å². The molecule has 0 aliphatic heterocycles. The van der Waals surface area contributed by atoms with E-state index >= 15 is 0 Å². The number of rotatable bonds is 4. The monoisotopic (exact) mass is 183 g/mol. The Morgan fingerprint density at radius 1 is 1.83 bits per heavy atom. The highest BCUT2D eigenvalue weighted by Gasteiger charge is 2.07. The maximum Gasteiger partial charge on any atom is 0.0669 e. The van der Waals surface area contributed by atoms with E-state index in [1.807, 2.05) is 6.92 Å². The fourth-order valence-electron chi connectivity index (χ4n) is 0.882. The molecule has 1 aromatic heterocycles. The quantitative estimate of drug-likeness (QED) is 0.725. The molecule has 0 radical (unpaired) electrons. The Bertz CT molecular complexity index is 243. The lowest BCUT2D eigenvalue weighted by molar-refractivity contribution is 0.658. The first-order chi connectivity index (χ1) is 5.70. The molecule has 0 aliphatic rings. The van der Waals surface area contributed by atoms with Gasteiger partial charge in [0, 0.05) is 6.04 Å². The molecule has 1 rings (SSSR count). The predicted molar refractivity (Wildman–Crippen MR) is 50.9 cm³/mol. The van der Waals surface area contributed by atoms with Crippen molar-refractivity contribution >= 4 is 11.5 Å². The summed E-state index contributed by atoms with van der Waals surface area (Å²) in [6, 6.07) is 0.0710. The summed E-state index contributed by atoms with van der Waals surface area (Å²) in [5.74, 6) is 0. The van der Waals surface area contributed by atoms with Gasteiger partial charge in [-0.2, -0.15) is 0 Å². The van der Waals surface area contributed by atoms with Crippen LogP contribution in [-0.2, 0) is 0 Å². The van der Waals surface area contributed by atoms with Crippen molar-refractivity contribution in [2.45, 2.75) is 25.8 Å². The summed E-state index contributed by atoms with van der Waals surface area (Å²) >= 11 is 1.37. The lowest BCUT2D eigenvalue weighted by Gasteiger charge is -2.06. The third kappa shape index (κ3) is 2.71. The van der Waals surface area contributed by atoms with Crippen LogP contribution >= 0.6 is 11.5 Å². The molecule has 66 valence electrons. The van der Waals surface area contributed by atoms with Crippen LogP contribution in [0.5, 0.6) is 0 Å². The molecule has 1 unspecified atom stereocenters. The van der Waals surface area contributed by atoms with Crippen molar-refractivity contribution in [2.24, 2.45) is 5.73 Å². The van der Waals surface area contributed by atoms with Crippen molar-refractivity contribution in [3.05, 3.63) is 23.2 Å². The summed E-state index contributed by atoms with van der Waals surface area (Å²) in [7, 11) is 0. The molecule has 0 spiro atoms. The lowest BCUT2D eigenvalue weighted by Crippen LogP contribution is -2.08. The topological polar surface area (TPSA) is 51.8 Å². The minimum atomic E-state index is 0.0710. The van der Waals surface area contributed by atoms with Crippen molar-refractivity contribution in [3.63, 3.8) is 0 Å². The van der Waals surface area contributed by atoms with Gasteiger partial charge in [0.1, 0.15) is 0 Å². The molecule has 0 saturated heterocycles. The van der Waals surface area contributed by atoms with Crippen molar-refractivity contribution in [2.75, 3.05) is 0 Å². The van der Waals surface area contributed by atoms with Crippen molar-refractivity contribution in [1.29, 1.82) is 0 Å². The molecular weight excluding hydrogens is 170 g/mol. The second kappa shape index (κ2) is 4.33. The number of hydrogen-bond acceptors (Lipinski definition) is 4. The number of nitrogens with two attached hydrogens (primary N) is 1. The zero-order chi connectivity index (χ0) is 8.97. The Hall–Kier alpha value is -0.740. The summed E-state index contributed by atoms with van der Waals surface area (Å²) in [6.45, 7) is 5.84. The summed E-state index contributed by atoms with van der Waals surface area (Å²) in [4.78, 5) is 1.05. The molecule has 1 heterocycles. The first-order valence-corrected chi connectivity index (χ1v) is 4.64.